The number of rotatable bonds is 24. The summed E-state index contributed by atoms with van der Waals surface area (Å²) in [6, 6.07) is 2.13. The van der Waals surface area contributed by atoms with Crippen molar-refractivity contribution in [2.24, 2.45) is 23.3 Å². The first-order valence-corrected chi connectivity index (χ1v) is 18.8. The van der Waals surface area contributed by atoms with Crippen LogP contribution in [0.15, 0.2) is 30.3 Å². The molecule has 0 saturated carbocycles. The van der Waals surface area contributed by atoms with Gasteiger partial charge in [-0.3, -0.25) is 38.4 Å². The van der Waals surface area contributed by atoms with Crippen molar-refractivity contribution in [2.75, 3.05) is 18.6 Å². The maximum absolute atomic E-state index is 13.6. The van der Waals surface area contributed by atoms with Gasteiger partial charge in [0.25, 0.3) is 0 Å². The molecule has 0 heterocycles. The highest BCUT2D eigenvalue weighted by molar-refractivity contribution is 7.98. The average molecular weight is 765 g/mol. The van der Waals surface area contributed by atoms with Crippen LogP contribution in [0.25, 0.3) is 0 Å². The average Bonchev–Trinajstić information content (AvgIpc) is 3.07. The van der Waals surface area contributed by atoms with E-state index in [2.05, 4.69) is 31.9 Å². The van der Waals surface area contributed by atoms with Gasteiger partial charge in [-0.05, 0) is 49.2 Å². The number of aliphatic carboxylic acids is 1. The number of nitrogens with two attached hydrogens (primary N) is 2. The zero-order chi connectivity index (χ0) is 40.2. The second kappa shape index (κ2) is 23.8. The number of hydrogen-bond acceptors (Lipinski definition) is 10. The fourth-order valence-electron chi connectivity index (χ4n) is 4.98. The summed E-state index contributed by atoms with van der Waals surface area (Å²) in [5, 5.41) is 24.4. The molecule has 6 unspecified atom stereocenters. The molecule has 7 amide bonds. The van der Waals surface area contributed by atoms with Crippen molar-refractivity contribution in [1.29, 1.82) is 0 Å². The Morgan fingerprint density at radius 1 is 0.755 bits per heavy atom. The molecule has 0 bridgehead atoms. The number of carboxylic acid groups (broad SMARTS) is 1. The highest BCUT2D eigenvalue weighted by atomic mass is 32.2. The van der Waals surface area contributed by atoms with Crippen LogP contribution in [0.4, 0.5) is 0 Å². The van der Waals surface area contributed by atoms with Crippen molar-refractivity contribution >= 4 is 59.1 Å². The smallest absolute Gasteiger partial charge is 0.305 e. The molecule has 296 valence electrons. The molecule has 0 radical (unpaired) electrons. The summed E-state index contributed by atoms with van der Waals surface area (Å²) in [5.41, 5.74) is 11.7. The summed E-state index contributed by atoms with van der Waals surface area (Å²) in [7, 11) is 0. The molecule has 53 heavy (non-hydrogen) atoms. The molecule has 11 N–H and O–H groups in total. The van der Waals surface area contributed by atoms with Gasteiger partial charge in [0.05, 0.1) is 12.5 Å². The number of nitrogens with one attached hydrogen (secondary N) is 6. The molecule has 0 saturated heterocycles. The monoisotopic (exact) mass is 764 g/mol. The van der Waals surface area contributed by atoms with Crippen LogP contribution in [0.3, 0.4) is 0 Å². The number of hydrogen-bond donors (Lipinski definition) is 9. The van der Waals surface area contributed by atoms with Crippen LogP contribution in [-0.4, -0.2) is 107 Å². The molecule has 18 heteroatoms. The normalized spacial score (nSPS) is 14.4. The Labute approximate surface area is 314 Å². The minimum Gasteiger partial charge on any atom is -0.481 e. The Balaban J connectivity index is 2.95. The highest BCUT2D eigenvalue weighted by Crippen LogP contribution is 2.09. The lowest BCUT2D eigenvalue weighted by molar-refractivity contribution is -0.139. The van der Waals surface area contributed by atoms with Gasteiger partial charge in [-0.25, -0.2) is 0 Å². The van der Waals surface area contributed by atoms with E-state index < -0.39 is 95.9 Å². The van der Waals surface area contributed by atoms with Crippen molar-refractivity contribution in [3.05, 3.63) is 35.9 Å². The third kappa shape index (κ3) is 18.1. The van der Waals surface area contributed by atoms with E-state index in [4.69, 9.17) is 16.6 Å². The quantitative estimate of drug-likeness (QED) is 0.0611. The molecular weight excluding hydrogens is 708 g/mol. The molecule has 0 fully saturated rings. The summed E-state index contributed by atoms with van der Waals surface area (Å²) in [6.45, 7) is 8.38. The minimum absolute atomic E-state index is 0.0268. The molecule has 0 spiro atoms. The molecule has 17 nitrogen and oxygen atoms in total. The van der Waals surface area contributed by atoms with E-state index in [-0.39, 0.29) is 25.3 Å². The second-order valence-corrected chi connectivity index (χ2v) is 14.4. The molecule has 1 rings (SSSR count). The van der Waals surface area contributed by atoms with Gasteiger partial charge < -0.3 is 48.5 Å². The number of carbonyl (C=O) groups is 8. The van der Waals surface area contributed by atoms with Gasteiger partial charge in [0.15, 0.2) is 0 Å². The van der Waals surface area contributed by atoms with Crippen molar-refractivity contribution in [2.45, 2.75) is 103 Å². The lowest BCUT2D eigenvalue weighted by Crippen LogP contribution is -2.58. The lowest BCUT2D eigenvalue weighted by Gasteiger charge is -2.26. The summed E-state index contributed by atoms with van der Waals surface area (Å²) < 4.78 is 0. The molecular formula is C35H56N8O9S. The number of thioether (sulfide) groups is 1. The fraction of sp³-hybridized carbons (Fsp3) is 0.600. The third-order valence-electron chi connectivity index (χ3n) is 7.93. The summed E-state index contributed by atoms with van der Waals surface area (Å²) in [4.78, 5) is 101. The SMILES string of the molecule is CSCCC(NC(=O)C(CC(C)C)NC(=O)CCNC(=O)C(NC(=O)C(Cc1ccccc1)NC(=O)C(C)NC(=O)C(N)CC(=O)O)C(C)C)C(N)=O. The van der Waals surface area contributed by atoms with Crippen LogP contribution < -0.4 is 43.4 Å². The zero-order valence-corrected chi connectivity index (χ0v) is 32.0. The van der Waals surface area contributed by atoms with Crippen LogP contribution in [0.2, 0.25) is 0 Å². The van der Waals surface area contributed by atoms with Gasteiger partial charge in [0.1, 0.15) is 30.2 Å². The second-order valence-electron chi connectivity index (χ2n) is 13.5. The first-order valence-electron chi connectivity index (χ1n) is 17.4. The summed E-state index contributed by atoms with van der Waals surface area (Å²) in [5.74, 6) is -5.71. The van der Waals surface area contributed by atoms with Crippen molar-refractivity contribution in [1.82, 2.24) is 31.9 Å². The van der Waals surface area contributed by atoms with Crippen molar-refractivity contribution in [3.8, 4) is 0 Å². The first-order chi connectivity index (χ1) is 24.9. The maximum Gasteiger partial charge on any atom is 0.305 e. The molecule has 0 aliphatic rings. The van der Waals surface area contributed by atoms with Crippen LogP contribution in [0.5, 0.6) is 0 Å². The highest BCUT2D eigenvalue weighted by Gasteiger charge is 2.31. The van der Waals surface area contributed by atoms with Crippen molar-refractivity contribution in [3.63, 3.8) is 0 Å². The fourth-order valence-corrected chi connectivity index (χ4v) is 5.45. The Hall–Kier alpha value is -4.71. The van der Waals surface area contributed by atoms with E-state index in [0.717, 1.165) is 0 Å². The third-order valence-corrected chi connectivity index (χ3v) is 8.57. The Kier molecular flexibility index (Phi) is 20.8. The van der Waals surface area contributed by atoms with Crippen LogP contribution >= 0.6 is 11.8 Å². The summed E-state index contributed by atoms with van der Waals surface area (Å²) in [6.07, 6.45) is 1.70. The lowest BCUT2D eigenvalue weighted by atomic mass is 10.0. The predicted octanol–water partition coefficient (Wildman–Crippen LogP) is -1.08. The van der Waals surface area contributed by atoms with E-state index in [1.165, 1.54) is 18.7 Å². The van der Waals surface area contributed by atoms with Crippen LogP contribution in [0.1, 0.15) is 65.9 Å². The first kappa shape index (κ1) is 46.3. The minimum atomic E-state index is -1.39. The maximum atomic E-state index is 13.6. The molecule has 0 aliphatic carbocycles. The number of carbonyl (C=O) groups excluding carboxylic acids is 7. The number of primary amides is 1. The van der Waals surface area contributed by atoms with Crippen LogP contribution in [0, 0.1) is 11.8 Å². The molecule has 6 atom stereocenters. The standard InChI is InChI=1S/C35H56N8O9S/c1-19(2)16-25(33(50)41-24(30(37)47)13-15-53-6)40-27(44)12-14-38-35(52)29(20(3)4)43-34(51)26(17-22-10-8-7-9-11-22)42-31(48)21(5)39-32(49)23(36)18-28(45)46/h7-11,19-21,23-26,29H,12-18,36H2,1-6H3,(H2,37,47)(H,38,52)(H,39,49)(H,40,44)(H,41,50)(H,42,48)(H,43,51)(H,45,46). The molecule has 1 aromatic rings. The van der Waals surface area contributed by atoms with Gasteiger partial charge >= 0.3 is 5.97 Å². The Morgan fingerprint density at radius 2 is 1.36 bits per heavy atom. The Morgan fingerprint density at radius 3 is 1.91 bits per heavy atom. The zero-order valence-electron chi connectivity index (χ0n) is 31.2. The number of carboxylic acids is 1. The molecule has 1 aromatic carbocycles. The van der Waals surface area contributed by atoms with E-state index in [1.807, 2.05) is 20.1 Å². The van der Waals surface area contributed by atoms with E-state index in [0.29, 0.717) is 24.2 Å². The van der Waals surface area contributed by atoms with Gasteiger partial charge in [-0.15, -0.1) is 0 Å². The van der Waals surface area contributed by atoms with Crippen LogP contribution in [-0.2, 0) is 44.8 Å². The Bertz CT molecular complexity index is 1410. The molecule has 0 aromatic heterocycles. The summed E-state index contributed by atoms with van der Waals surface area (Å²) >= 11 is 1.50. The van der Waals surface area contributed by atoms with E-state index in [1.54, 1.807) is 44.2 Å². The van der Waals surface area contributed by atoms with Gasteiger partial charge in [-0.2, -0.15) is 11.8 Å². The van der Waals surface area contributed by atoms with Gasteiger partial charge in [0, 0.05) is 19.4 Å². The van der Waals surface area contributed by atoms with E-state index in [9.17, 15) is 38.4 Å². The number of benzene rings is 1. The van der Waals surface area contributed by atoms with Gasteiger partial charge in [0.2, 0.25) is 41.4 Å². The molecule has 0 aliphatic heterocycles. The van der Waals surface area contributed by atoms with Crippen molar-refractivity contribution < 1.29 is 43.5 Å². The topological polar surface area (TPSA) is 281 Å². The largest absolute Gasteiger partial charge is 0.481 e. The van der Waals surface area contributed by atoms with E-state index >= 15 is 0 Å². The van der Waals surface area contributed by atoms with Gasteiger partial charge in [-0.1, -0.05) is 58.0 Å². The predicted molar refractivity (Wildman–Crippen MR) is 200 cm³/mol. The number of amides is 7.